The van der Waals surface area contributed by atoms with E-state index in [4.69, 9.17) is 37.9 Å². The van der Waals surface area contributed by atoms with Crippen LogP contribution in [0.3, 0.4) is 0 Å². The molecule has 1 aromatic carbocycles. The Labute approximate surface area is 188 Å². The highest BCUT2D eigenvalue weighted by Gasteiger charge is 2.25. The Hall–Kier alpha value is -1.89. The Kier molecular flexibility index (Phi) is 7.55. The summed E-state index contributed by atoms with van der Waals surface area (Å²) >= 11 is 12.5. The predicted octanol–water partition coefficient (Wildman–Crippen LogP) is 4.10. The van der Waals surface area contributed by atoms with Gasteiger partial charge in [-0.15, -0.1) is 0 Å². The number of halogens is 2. The minimum atomic E-state index is 0.0204. The lowest BCUT2D eigenvalue weighted by Crippen LogP contribution is -2.50. The minimum Gasteiger partial charge on any atom is -0.375 e. The van der Waals surface area contributed by atoms with Gasteiger partial charge in [0.1, 0.15) is 18.2 Å². The van der Waals surface area contributed by atoms with E-state index < -0.39 is 0 Å². The molecule has 0 bridgehead atoms. The largest absolute Gasteiger partial charge is 0.375 e. The molecule has 1 aromatic heterocycles. The van der Waals surface area contributed by atoms with Crippen molar-refractivity contribution in [1.82, 2.24) is 14.9 Å². The summed E-state index contributed by atoms with van der Waals surface area (Å²) in [6, 6.07) is 5.56. The lowest BCUT2D eigenvalue weighted by atomic mass is 10.0. The molecular weight excluding hydrogens is 423 g/mol. The van der Waals surface area contributed by atoms with Crippen LogP contribution < -0.4 is 4.90 Å². The molecule has 1 fully saturated rings. The molecule has 30 heavy (non-hydrogen) atoms. The third kappa shape index (κ3) is 5.23. The molecule has 162 valence electrons. The van der Waals surface area contributed by atoms with Gasteiger partial charge in [-0.2, -0.15) is 0 Å². The van der Waals surface area contributed by atoms with E-state index in [-0.39, 0.29) is 18.4 Å². The smallest absolute Gasteiger partial charge is 0.248 e. The van der Waals surface area contributed by atoms with E-state index in [1.807, 2.05) is 24.0 Å². The highest BCUT2D eigenvalue weighted by atomic mass is 35.5. The molecule has 1 amide bonds. The zero-order valence-electron chi connectivity index (χ0n) is 17.9. The second-order valence-corrected chi connectivity index (χ2v) is 8.68. The molecule has 6 nitrogen and oxygen atoms in total. The van der Waals surface area contributed by atoms with Crippen LogP contribution in [0.15, 0.2) is 18.2 Å². The third-order valence-electron chi connectivity index (χ3n) is 5.31. The first-order valence-corrected chi connectivity index (χ1v) is 10.9. The van der Waals surface area contributed by atoms with Crippen molar-refractivity contribution in [3.8, 4) is 0 Å². The van der Waals surface area contributed by atoms with Crippen molar-refractivity contribution in [2.45, 2.75) is 33.1 Å². The van der Waals surface area contributed by atoms with Crippen molar-refractivity contribution in [2.24, 2.45) is 0 Å². The van der Waals surface area contributed by atoms with Gasteiger partial charge in [0.2, 0.25) is 5.91 Å². The van der Waals surface area contributed by atoms with Crippen LogP contribution in [0.1, 0.15) is 42.4 Å². The van der Waals surface area contributed by atoms with Gasteiger partial charge in [0.15, 0.2) is 0 Å². The lowest BCUT2D eigenvalue weighted by molar-refractivity contribution is -0.135. The number of rotatable bonds is 6. The topological polar surface area (TPSA) is 58.6 Å². The molecule has 1 aliphatic heterocycles. The van der Waals surface area contributed by atoms with Gasteiger partial charge in [0.05, 0.1) is 0 Å². The van der Waals surface area contributed by atoms with Crippen LogP contribution >= 0.6 is 23.2 Å². The monoisotopic (exact) mass is 450 g/mol. The van der Waals surface area contributed by atoms with Crippen molar-refractivity contribution in [3.63, 3.8) is 0 Å². The van der Waals surface area contributed by atoms with E-state index in [2.05, 4.69) is 18.7 Å². The number of aromatic nitrogens is 2. The average molecular weight is 451 g/mol. The van der Waals surface area contributed by atoms with E-state index in [1.54, 1.807) is 13.2 Å². The van der Waals surface area contributed by atoms with Gasteiger partial charge < -0.3 is 14.5 Å². The normalized spacial score (nSPS) is 14.5. The molecule has 3 rings (SSSR count). The van der Waals surface area contributed by atoms with Gasteiger partial charge in [-0.3, -0.25) is 4.79 Å². The summed E-state index contributed by atoms with van der Waals surface area (Å²) in [6.07, 6.45) is 0.623. The number of ether oxygens (including phenoxy) is 1. The SMILES string of the molecule is COCC(=O)N1CCN(c2nc(C(C)C)nc(C)c2Cc2ccc(Cl)cc2Cl)CC1. The lowest BCUT2D eigenvalue weighted by Gasteiger charge is -2.36. The third-order valence-corrected chi connectivity index (χ3v) is 5.89. The minimum absolute atomic E-state index is 0.0204. The van der Waals surface area contributed by atoms with Crippen LogP contribution in [0, 0.1) is 6.92 Å². The summed E-state index contributed by atoms with van der Waals surface area (Å²) < 4.78 is 4.98. The van der Waals surface area contributed by atoms with Gasteiger partial charge in [-0.05, 0) is 24.6 Å². The number of methoxy groups -OCH3 is 1. The molecule has 1 aliphatic rings. The molecule has 0 unspecified atom stereocenters. The number of carbonyl (C=O) groups is 1. The summed E-state index contributed by atoms with van der Waals surface area (Å²) in [4.78, 5) is 25.9. The van der Waals surface area contributed by atoms with Crippen LogP contribution in [-0.2, 0) is 16.0 Å². The zero-order valence-corrected chi connectivity index (χ0v) is 19.4. The van der Waals surface area contributed by atoms with E-state index in [1.165, 1.54) is 0 Å². The summed E-state index contributed by atoms with van der Waals surface area (Å²) in [5.74, 6) is 2.00. The first-order chi connectivity index (χ1) is 14.3. The van der Waals surface area contributed by atoms with Gasteiger partial charge in [-0.1, -0.05) is 43.1 Å². The van der Waals surface area contributed by atoms with Crippen molar-refractivity contribution in [3.05, 3.63) is 50.9 Å². The molecule has 2 heterocycles. The highest BCUT2D eigenvalue weighted by molar-refractivity contribution is 6.35. The van der Waals surface area contributed by atoms with Crippen molar-refractivity contribution in [1.29, 1.82) is 0 Å². The number of piperazine rings is 1. The summed E-state index contributed by atoms with van der Waals surface area (Å²) in [6.45, 7) is 9.03. The quantitative estimate of drug-likeness (QED) is 0.662. The first kappa shape index (κ1) is 22.8. The molecule has 0 radical (unpaired) electrons. The molecule has 0 N–H and O–H groups in total. The van der Waals surface area contributed by atoms with Crippen molar-refractivity contribution < 1.29 is 9.53 Å². The van der Waals surface area contributed by atoms with Crippen LogP contribution in [0.2, 0.25) is 10.0 Å². The Morgan fingerprint density at radius 3 is 2.47 bits per heavy atom. The number of hydrogen-bond donors (Lipinski definition) is 0. The van der Waals surface area contributed by atoms with Crippen molar-refractivity contribution in [2.75, 3.05) is 44.8 Å². The van der Waals surface area contributed by atoms with Gasteiger partial charge in [0, 0.05) is 66.9 Å². The molecule has 0 spiro atoms. The van der Waals surface area contributed by atoms with Gasteiger partial charge in [0.25, 0.3) is 0 Å². The van der Waals surface area contributed by atoms with E-state index in [0.29, 0.717) is 42.6 Å². The molecule has 8 heteroatoms. The number of benzene rings is 1. The fourth-order valence-electron chi connectivity index (χ4n) is 3.57. The zero-order chi connectivity index (χ0) is 21.8. The number of hydrogen-bond acceptors (Lipinski definition) is 5. The molecule has 0 aliphatic carbocycles. The van der Waals surface area contributed by atoms with E-state index >= 15 is 0 Å². The van der Waals surface area contributed by atoms with Gasteiger partial charge >= 0.3 is 0 Å². The second-order valence-electron chi connectivity index (χ2n) is 7.84. The highest BCUT2D eigenvalue weighted by Crippen LogP contribution is 2.30. The standard InChI is InChI=1S/C22H28Cl2N4O2/c1-14(2)21-25-15(3)18(11-16-5-6-17(23)12-19(16)24)22(26-21)28-9-7-27(8-10-28)20(29)13-30-4/h5-6,12,14H,7-11,13H2,1-4H3. The summed E-state index contributed by atoms with van der Waals surface area (Å²) in [7, 11) is 1.54. The molecule has 1 saturated heterocycles. The van der Waals surface area contributed by atoms with Gasteiger partial charge in [-0.25, -0.2) is 9.97 Å². The number of aryl methyl sites for hydroxylation is 1. The van der Waals surface area contributed by atoms with Crippen LogP contribution in [-0.4, -0.2) is 60.7 Å². The van der Waals surface area contributed by atoms with Crippen LogP contribution in [0.5, 0.6) is 0 Å². The Morgan fingerprint density at radius 1 is 1.17 bits per heavy atom. The second kappa shape index (κ2) is 9.94. The molecule has 0 atom stereocenters. The number of nitrogens with zero attached hydrogens (tertiary/aromatic N) is 4. The Bertz CT molecular complexity index is 912. The molecule has 0 saturated carbocycles. The Morgan fingerprint density at radius 2 is 1.87 bits per heavy atom. The fourth-order valence-corrected chi connectivity index (χ4v) is 4.04. The summed E-state index contributed by atoms with van der Waals surface area (Å²) in [5, 5.41) is 1.25. The maximum absolute atomic E-state index is 12.1. The summed E-state index contributed by atoms with van der Waals surface area (Å²) in [5.41, 5.74) is 2.99. The predicted molar refractivity (Wildman–Crippen MR) is 121 cm³/mol. The fraction of sp³-hybridized carbons (Fsp3) is 0.500. The van der Waals surface area contributed by atoms with E-state index in [0.717, 1.165) is 28.5 Å². The number of anilines is 1. The van der Waals surface area contributed by atoms with Crippen molar-refractivity contribution >= 4 is 34.9 Å². The van der Waals surface area contributed by atoms with Crippen LogP contribution in [0.25, 0.3) is 0 Å². The molecular formula is C22H28Cl2N4O2. The number of carbonyl (C=O) groups excluding carboxylic acids is 1. The maximum Gasteiger partial charge on any atom is 0.248 e. The molecule has 2 aromatic rings. The maximum atomic E-state index is 12.1. The average Bonchev–Trinajstić information content (AvgIpc) is 2.71. The van der Waals surface area contributed by atoms with E-state index in [9.17, 15) is 4.79 Å². The van der Waals surface area contributed by atoms with Crippen LogP contribution in [0.4, 0.5) is 5.82 Å². The number of amides is 1. The Balaban J connectivity index is 1.91. The first-order valence-electron chi connectivity index (χ1n) is 10.1.